The van der Waals surface area contributed by atoms with Gasteiger partial charge in [0.25, 0.3) is 0 Å². The number of nitrogens with zero attached hydrogens (tertiary/aromatic N) is 4. The average Bonchev–Trinajstić information content (AvgIpc) is 3.50. The zero-order valence-electron chi connectivity index (χ0n) is 16.7. The maximum Gasteiger partial charge on any atom is 0.418 e. The first kappa shape index (κ1) is 22.5. The van der Waals surface area contributed by atoms with Gasteiger partial charge in [-0.2, -0.15) is 13.2 Å². The Labute approximate surface area is 190 Å². The number of carbonyl (C=O) groups excluding carboxylic acids is 1. The summed E-state index contributed by atoms with van der Waals surface area (Å²) in [6.45, 7) is 2.08. The van der Waals surface area contributed by atoms with E-state index in [1.165, 1.54) is 12.1 Å². The number of benzene rings is 1. The molecular formula is C20H19ClF3N5O2S. The van der Waals surface area contributed by atoms with E-state index in [0.29, 0.717) is 23.4 Å². The van der Waals surface area contributed by atoms with Crippen molar-refractivity contribution in [3.05, 3.63) is 52.9 Å². The Morgan fingerprint density at radius 1 is 1.19 bits per heavy atom. The van der Waals surface area contributed by atoms with Crippen molar-refractivity contribution >= 4 is 40.9 Å². The van der Waals surface area contributed by atoms with Crippen LogP contribution < -0.4 is 10.2 Å². The van der Waals surface area contributed by atoms with Gasteiger partial charge in [0, 0.05) is 13.1 Å². The summed E-state index contributed by atoms with van der Waals surface area (Å²) in [4.78, 5) is 14.6. The maximum atomic E-state index is 13.3. The Morgan fingerprint density at radius 3 is 2.66 bits per heavy atom. The van der Waals surface area contributed by atoms with Gasteiger partial charge in [-0.25, -0.2) is 0 Å². The second-order valence-corrected chi connectivity index (χ2v) is 8.49. The molecule has 0 unspecified atom stereocenters. The molecule has 170 valence electrons. The van der Waals surface area contributed by atoms with Gasteiger partial charge in [-0.1, -0.05) is 29.4 Å². The third-order valence-corrected chi connectivity index (χ3v) is 6.18. The molecule has 1 aliphatic rings. The summed E-state index contributed by atoms with van der Waals surface area (Å²) in [6, 6.07) is 6.95. The van der Waals surface area contributed by atoms with Crippen LogP contribution in [-0.4, -0.2) is 39.5 Å². The second-order valence-electron chi connectivity index (χ2n) is 7.14. The van der Waals surface area contributed by atoms with E-state index in [-0.39, 0.29) is 10.8 Å². The van der Waals surface area contributed by atoms with E-state index >= 15 is 0 Å². The summed E-state index contributed by atoms with van der Waals surface area (Å²) >= 11 is 6.99. The molecule has 12 heteroatoms. The van der Waals surface area contributed by atoms with Crippen molar-refractivity contribution in [3.8, 4) is 0 Å². The van der Waals surface area contributed by atoms with Gasteiger partial charge in [0.1, 0.15) is 5.76 Å². The molecule has 1 aliphatic heterocycles. The van der Waals surface area contributed by atoms with E-state index in [1.807, 2.05) is 10.6 Å². The molecule has 4 rings (SSSR count). The summed E-state index contributed by atoms with van der Waals surface area (Å²) in [6.07, 6.45) is -0.971. The van der Waals surface area contributed by atoms with Gasteiger partial charge in [0.15, 0.2) is 5.16 Å². The van der Waals surface area contributed by atoms with Crippen molar-refractivity contribution in [1.82, 2.24) is 14.8 Å². The SMILES string of the molecule is O=C(CSc1nnc(N2CCCC2)n1Cc1ccco1)Nc1c(Cl)cccc1C(F)(F)F. The van der Waals surface area contributed by atoms with Crippen molar-refractivity contribution < 1.29 is 22.4 Å². The zero-order valence-corrected chi connectivity index (χ0v) is 18.3. The van der Waals surface area contributed by atoms with Crippen molar-refractivity contribution in [3.63, 3.8) is 0 Å². The third-order valence-electron chi connectivity index (χ3n) is 4.90. The normalized spacial score (nSPS) is 14.2. The number of rotatable bonds is 7. The number of hydrogen-bond acceptors (Lipinski definition) is 6. The number of anilines is 2. The number of amides is 1. The minimum atomic E-state index is -4.64. The van der Waals surface area contributed by atoms with E-state index in [2.05, 4.69) is 20.4 Å². The lowest BCUT2D eigenvalue weighted by atomic mass is 10.1. The van der Waals surface area contributed by atoms with Crippen molar-refractivity contribution in [1.29, 1.82) is 0 Å². The van der Waals surface area contributed by atoms with Crippen LogP contribution in [0.3, 0.4) is 0 Å². The zero-order chi connectivity index (χ0) is 22.7. The van der Waals surface area contributed by atoms with Crippen LogP contribution in [0.25, 0.3) is 0 Å². The highest BCUT2D eigenvalue weighted by molar-refractivity contribution is 7.99. The van der Waals surface area contributed by atoms with Crippen LogP contribution in [0.1, 0.15) is 24.2 Å². The van der Waals surface area contributed by atoms with E-state index in [0.717, 1.165) is 43.8 Å². The molecule has 0 radical (unpaired) electrons. The van der Waals surface area contributed by atoms with Gasteiger partial charge in [-0.3, -0.25) is 9.36 Å². The van der Waals surface area contributed by atoms with Gasteiger partial charge >= 0.3 is 6.18 Å². The van der Waals surface area contributed by atoms with Crippen LogP contribution in [0.2, 0.25) is 5.02 Å². The molecule has 32 heavy (non-hydrogen) atoms. The predicted octanol–water partition coefficient (Wildman–Crippen LogP) is 4.92. The van der Waals surface area contributed by atoms with Crippen LogP contribution >= 0.6 is 23.4 Å². The Hall–Kier alpha value is -2.66. The largest absolute Gasteiger partial charge is 0.467 e. The van der Waals surface area contributed by atoms with Gasteiger partial charge in [0.05, 0.1) is 34.8 Å². The quantitative estimate of drug-likeness (QED) is 0.479. The summed E-state index contributed by atoms with van der Waals surface area (Å²) < 4.78 is 47.1. The molecule has 3 aromatic rings. The number of halogens is 4. The lowest BCUT2D eigenvalue weighted by Gasteiger charge is -2.18. The van der Waals surface area contributed by atoms with Crippen molar-refractivity contribution in [2.75, 3.05) is 29.1 Å². The van der Waals surface area contributed by atoms with E-state index < -0.39 is 23.3 Å². The fraction of sp³-hybridized carbons (Fsp3) is 0.350. The molecule has 1 aromatic carbocycles. The maximum absolute atomic E-state index is 13.3. The first-order valence-electron chi connectivity index (χ1n) is 9.82. The molecule has 3 heterocycles. The number of para-hydroxylation sites is 1. The van der Waals surface area contributed by atoms with Crippen LogP contribution in [-0.2, 0) is 17.5 Å². The molecule has 1 fully saturated rings. The van der Waals surface area contributed by atoms with Crippen LogP contribution in [0.4, 0.5) is 24.8 Å². The highest BCUT2D eigenvalue weighted by Gasteiger charge is 2.35. The van der Waals surface area contributed by atoms with E-state index in [9.17, 15) is 18.0 Å². The number of nitrogens with one attached hydrogen (secondary N) is 1. The van der Waals surface area contributed by atoms with E-state index in [1.54, 1.807) is 12.3 Å². The molecule has 0 atom stereocenters. The van der Waals surface area contributed by atoms with Gasteiger partial charge in [-0.05, 0) is 37.1 Å². The van der Waals surface area contributed by atoms with Gasteiger partial charge in [0.2, 0.25) is 11.9 Å². The monoisotopic (exact) mass is 485 g/mol. The number of carbonyl (C=O) groups is 1. The molecule has 1 N–H and O–H groups in total. The summed E-state index contributed by atoms with van der Waals surface area (Å²) in [7, 11) is 0. The summed E-state index contributed by atoms with van der Waals surface area (Å²) in [5, 5.41) is 11.0. The molecule has 0 spiro atoms. The lowest BCUT2D eigenvalue weighted by Crippen LogP contribution is -2.23. The standard InChI is InChI=1S/C20H19ClF3N5O2S/c21-15-7-3-6-14(20(22,23)24)17(15)25-16(30)12-32-19-27-26-18(28-8-1-2-9-28)29(19)11-13-5-4-10-31-13/h3-7,10H,1-2,8-9,11-12H2,(H,25,30). The molecule has 2 aromatic heterocycles. The molecule has 1 saturated heterocycles. The van der Waals surface area contributed by atoms with Gasteiger partial charge < -0.3 is 14.6 Å². The van der Waals surface area contributed by atoms with Crippen LogP contribution in [0.15, 0.2) is 46.2 Å². The summed E-state index contributed by atoms with van der Waals surface area (Å²) in [5.41, 5.74) is -1.46. The molecule has 0 aliphatic carbocycles. The lowest BCUT2D eigenvalue weighted by molar-refractivity contribution is -0.137. The van der Waals surface area contributed by atoms with Crippen LogP contribution in [0.5, 0.6) is 0 Å². The molecule has 0 bridgehead atoms. The number of thioether (sulfide) groups is 1. The Morgan fingerprint density at radius 2 is 1.97 bits per heavy atom. The number of hydrogen-bond donors (Lipinski definition) is 1. The Kier molecular flexibility index (Phi) is 6.66. The van der Waals surface area contributed by atoms with E-state index in [4.69, 9.17) is 16.0 Å². The molecule has 0 saturated carbocycles. The van der Waals surface area contributed by atoms with Crippen molar-refractivity contribution in [2.24, 2.45) is 0 Å². The molecule has 7 nitrogen and oxygen atoms in total. The third kappa shape index (κ3) is 5.04. The summed E-state index contributed by atoms with van der Waals surface area (Å²) in [5.74, 6) is 0.567. The first-order chi connectivity index (χ1) is 15.3. The minimum Gasteiger partial charge on any atom is -0.467 e. The fourth-order valence-corrected chi connectivity index (χ4v) is 4.38. The van der Waals surface area contributed by atoms with Crippen LogP contribution in [0, 0.1) is 0 Å². The average molecular weight is 486 g/mol. The molecule has 1 amide bonds. The fourth-order valence-electron chi connectivity index (χ4n) is 3.43. The first-order valence-corrected chi connectivity index (χ1v) is 11.2. The van der Waals surface area contributed by atoms with Gasteiger partial charge in [-0.15, -0.1) is 10.2 Å². The highest BCUT2D eigenvalue weighted by atomic mass is 35.5. The predicted molar refractivity (Wildman–Crippen MR) is 115 cm³/mol. The minimum absolute atomic E-state index is 0.168. The molecular weight excluding hydrogens is 467 g/mol. The number of aromatic nitrogens is 3. The smallest absolute Gasteiger partial charge is 0.418 e. The topological polar surface area (TPSA) is 76.2 Å². The highest BCUT2D eigenvalue weighted by Crippen LogP contribution is 2.38. The van der Waals surface area contributed by atoms with Crippen molar-refractivity contribution in [2.45, 2.75) is 30.7 Å². The second kappa shape index (κ2) is 9.45. The number of furan rings is 1. The Bertz CT molecular complexity index is 1080. The Balaban J connectivity index is 1.50. The number of alkyl halides is 3.